The molecule has 0 bridgehead atoms. The topological polar surface area (TPSA) is 90.9 Å². The van der Waals surface area contributed by atoms with E-state index in [2.05, 4.69) is 26.0 Å². The summed E-state index contributed by atoms with van der Waals surface area (Å²) in [6, 6.07) is 17.5. The van der Waals surface area contributed by atoms with Gasteiger partial charge < -0.3 is 14.6 Å². The SMILES string of the molecule is COc1ccc(NCc2cc(-c3ccccc3)no2)cc1-n1cnnn1. The third-order valence-corrected chi connectivity index (χ3v) is 3.87. The second-order valence-electron chi connectivity index (χ2n) is 5.54. The summed E-state index contributed by atoms with van der Waals surface area (Å²) in [6.45, 7) is 0.501. The van der Waals surface area contributed by atoms with Gasteiger partial charge in [-0.05, 0) is 28.6 Å². The molecule has 0 radical (unpaired) electrons. The Morgan fingerprint density at radius 2 is 2.00 bits per heavy atom. The minimum Gasteiger partial charge on any atom is -0.494 e. The maximum absolute atomic E-state index is 5.41. The number of benzene rings is 2. The van der Waals surface area contributed by atoms with Crippen LogP contribution in [0.25, 0.3) is 16.9 Å². The van der Waals surface area contributed by atoms with Gasteiger partial charge in [0, 0.05) is 17.3 Å². The highest BCUT2D eigenvalue weighted by Crippen LogP contribution is 2.26. The van der Waals surface area contributed by atoms with Crippen LogP contribution in [-0.2, 0) is 6.54 Å². The van der Waals surface area contributed by atoms with E-state index in [1.54, 1.807) is 11.8 Å². The Balaban J connectivity index is 1.50. The van der Waals surface area contributed by atoms with E-state index in [4.69, 9.17) is 9.26 Å². The first kappa shape index (κ1) is 15.8. The monoisotopic (exact) mass is 348 g/mol. The molecule has 130 valence electrons. The van der Waals surface area contributed by atoms with Gasteiger partial charge in [-0.2, -0.15) is 4.68 Å². The Labute approximate surface area is 149 Å². The van der Waals surface area contributed by atoms with Crippen molar-refractivity contribution in [3.8, 4) is 22.7 Å². The van der Waals surface area contributed by atoms with Gasteiger partial charge in [-0.1, -0.05) is 35.5 Å². The Kier molecular flexibility index (Phi) is 4.29. The minimum atomic E-state index is 0.501. The molecule has 2 aromatic carbocycles. The smallest absolute Gasteiger partial charge is 0.156 e. The van der Waals surface area contributed by atoms with Crippen molar-refractivity contribution >= 4 is 5.69 Å². The molecule has 0 atom stereocenters. The van der Waals surface area contributed by atoms with Crippen molar-refractivity contribution in [1.29, 1.82) is 0 Å². The quantitative estimate of drug-likeness (QED) is 0.573. The molecule has 0 unspecified atom stereocenters. The van der Waals surface area contributed by atoms with Gasteiger partial charge >= 0.3 is 0 Å². The fraction of sp³-hybridized carbons (Fsp3) is 0.111. The second-order valence-corrected chi connectivity index (χ2v) is 5.54. The number of methoxy groups -OCH3 is 1. The predicted octanol–water partition coefficient (Wildman–Crippen LogP) is 2.94. The van der Waals surface area contributed by atoms with Gasteiger partial charge in [-0.15, -0.1) is 5.10 Å². The maximum Gasteiger partial charge on any atom is 0.156 e. The number of hydrogen-bond acceptors (Lipinski definition) is 7. The number of anilines is 1. The summed E-state index contributed by atoms with van der Waals surface area (Å²) in [5.41, 5.74) is 3.46. The lowest BCUT2D eigenvalue weighted by atomic mass is 10.1. The van der Waals surface area contributed by atoms with Gasteiger partial charge in [-0.25, -0.2) is 0 Å². The Hall–Kier alpha value is -3.68. The summed E-state index contributed by atoms with van der Waals surface area (Å²) in [4.78, 5) is 0. The zero-order valence-electron chi connectivity index (χ0n) is 14.0. The average molecular weight is 348 g/mol. The maximum atomic E-state index is 5.41. The molecule has 2 aromatic heterocycles. The molecule has 0 aliphatic heterocycles. The molecule has 0 aliphatic carbocycles. The number of tetrazole rings is 1. The third-order valence-electron chi connectivity index (χ3n) is 3.87. The van der Waals surface area contributed by atoms with Crippen LogP contribution < -0.4 is 10.1 Å². The summed E-state index contributed by atoms with van der Waals surface area (Å²) < 4.78 is 12.3. The zero-order valence-corrected chi connectivity index (χ0v) is 14.0. The summed E-state index contributed by atoms with van der Waals surface area (Å²) >= 11 is 0. The number of nitrogens with one attached hydrogen (secondary N) is 1. The molecule has 1 N–H and O–H groups in total. The number of aromatic nitrogens is 5. The van der Waals surface area contributed by atoms with Gasteiger partial charge in [0.15, 0.2) is 5.76 Å². The van der Waals surface area contributed by atoms with Crippen molar-refractivity contribution in [2.75, 3.05) is 12.4 Å². The third kappa shape index (κ3) is 3.25. The number of ether oxygens (including phenoxy) is 1. The fourth-order valence-electron chi connectivity index (χ4n) is 2.58. The molecular formula is C18H16N6O2. The van der Waals surface area contributed by atoms with Crippen molar-refractivity contribution in [3.63, 3.8) is 0 Å². The van der Waals surface area contributed by atoms with Crippen LogP contribution in [0.15, 0.2) is 65.4 Å². The Morgan fingerprint density at radius 1 is 1.12 bits per heavy atom. The zero-order chi connectivity index (χ0) is 17.8. The molecule has 0 aliphatic rings. The van der Waals surface area contributed by atoms with Gasteiger partial charge in [-0.3, -0.25) is 0 Å². The molecule has 26 heavy (non-hydrogen) atoms. The lowest BCUT2D eigenvalue weighted by molar-refractivity contribution is 0.390. The van der Waals surface area contributed by atoms with Gasteiger partial charge in [0.25, 0.3) is 0 Å². The molecule has 8 nitrogen and oxygen atoms in total. The molecule has 0 amide bonds. The highest BCUT2D eigenvalue weighted by Gasteiger charge is 2.10. The molecule has 0 saturated heterocycles. The normalized spacial score (nSPS) is 10.7. The lowest BCUT2D eigenvalue weighted by Crippen LogP contribution is -2.03. The van der Waals surface area contributed by atoms with Crippen LogP contribution in [0.1, 0.15) is 5.76 Å². The lowest BCUT2D eigenvalue weighted by Gasteiger charge is -2.10. The highest BCUT2D eigenvalue weighted by atomic mass is 16.5. The highest BCUT2D eigenvalue weighted by molar-refractivity contribution is 5.60. The molecule has 8 heteroatoms. The van der Waals surface area contributed by atoms with E-state index in [1.807, 2.05) is 54.6 Å². The molecule has 0 saturated carbocycles. The van der Waals surface area contributed by atoms with Crippen molar-refractivity contribution in [2.45, 2.75) is 6.54 Å². The predicted molar refractivity (Wildman–Crippen MR) is 95.0 cm³/mol. The van der Waals surface area contributed by atoms with Crippen LogP contribution in [0.5, 0.6) is 5.75 Å². The van der Waals surface area contributed by atoms with Crippen LogP contribution in [0, 0.1) is 0 Å². The van der Waals surface area contributed by atoms with E-state index < -0.39 is 0 Å². The fourth-order valence-corrected chi connectivity index (χ4v) is 2.58. The van der Waals surface area contributed by atoms with E-state index in [0.29, 0.717) is 12.3 Å². The van der Waals surface area contributed by atoms with Crippen molar-refractivity contribution < 1.29 is 9.26 Å². The van der Waals surface area contributed by atoms with Crippen molar-refractivity contribution in [1.82, 2.24) is 25.4 Å². The molecule has 4 rings (SSSR count). The Bertz CT molecular complexity index is 982. The summed E-state index contributed by atoms with van der Waals surface area (Å²) in [5.74, 6) is 1.41. The largest absolute Gasteiger partial charge is 0.494 e. The Morgan fingerprint density at radius 3 is 2.77 bits per heavy atom. The van der Waals surface area contributed by atoms with Crippen LogP contribution in [0.2, 0.25) is 0 Å². The number of hydrogen-bond donors (Lipinski definition) is 1. The number of rotatable bonds is 6. The minimum absolute atomic E-state index is 0.501. The van der Waals surface area contributed by atoms with Gasteiger partial charge in [0.1, 0.15) is 23.5 Å². The first-order valence-corrected chi connectivity index (χ1v) is 8.00. The van der Waals surface area contributed by atoms with Gasteiger partial charge in [0.05, 0.1) is 13.7 Å². The van der Waals surface area contributed by atoms with E-state index in [1.165, 1.54) is 6.33 Å². The average Bonchev–Trinajstić information content (AvgIpc) is 3.39. The molecule has 2 heterocycles. The first-order chi connectivity index (χ1) is 12.8. The van der Waals surface area contributed by atoms with Crippen molar-refractivity contribution in [3.05, 3.63) is 66.7 Å². The molecular weight excluding hydrogens is 332 g/mol. The summed E-state index contributed by atoms with van der Waals surface area (Å²) in [6.07, 6.45) is 1.52. The van der Waals surface area contributed by atoms with E-state index in [-0.39, 0.29) is 0 Å². The second kappa shape index (κ2) is 7.06. The molecule has 0 fully saturated rings. The van der Waals surface area contributed by atoms with Crippen LogP contribution in [0.3, 0.4) is 0 Å². The number of nitrogens with zero attached hydrogens (tertiary/aromatic N) is 5. The standard InChI is InChI=1S/C18H16N6O2/c1-25-18-8-7-14(9-17(18)24-12-20-22-23-24)19-11-15-10-16(21-26-15)13-5-3-2-4-6-13/h2-10,12,19H,11H2,1H3. The summed E-state index contributed by atoms with van der Waals surface area (Å²) in [5, 5.41) is 18.7. The van der Waals surface area contributed by atoms with E-state index in [0.717, 1.165) is 28.4 Å². The van der Waals surface area contributed by atoms with Crippen molar-refractivity contribution in [2.24, 2.45) is 0 Å². The van der Waals surface area contributed by atoms with Crippen LogP contribution in [-0.4, -0.2) is 32.5 Å². The molecule has 0 spiro atoms. The van der Waals surface area contributed by atoms with Crippen LogP contribution >= 0.6 is 0 Å². The van der Waals surface area contributed by atoms with E-state index in [9.17, 15) is 0 Å². The first-order valence-electron chi connectivity index (χ1n) is 8.00. The van der Waals surface area contributed by atoms with Crippen LogP contribution in [0.4, 0.5) is 5.69 Å². The van der Waals surface area contributed by atoms with Gasteiger partial charge in [0.2, 0.25) is 0 Å². The van der Waals surface area contributed by atoms with E-state index >= 15 is 0 Å². The molecule has 4 aromatic rings. The summed E-state index contributed by atoms with van der Waals surface area (Å²) in [7, 11) is 1.61.